The van der Waals surface area contributed by atoms with Crippen LogP contribution in [0.1, 0.15) is 12.3 Å². The molecule has 0 fully saturated rings. The molecule has 1 aromatic carbocycles. The van der Waals surface area contributed by atoms with Crippen LogP contribution in [-0.4, -0.2) is 29.7 Å². The van der Waals surface area contributed by atoms with Crippen molar-refractivity contribution in [3.63, 3.8) is 0 Å². The quantitative estimate of drug-likeness (QED) is 0.665. The summed E-state index contributed by atoms with van der Waals surface area (Å²) in [5.41, 5.74) is 6.21. The lowest BCUT2D eigenvalue weighted by Gasteiger charge is -2.22. The van der Waals surface area contributed by atoms with E-state index in [2.05, 4.69) is 10.1 Å². The zero-order valence-corrected chi connectivity index (χ0v) is 14.5. The van der Waals surface area contributed by atoms with Gasteiger partial charge in [-0.2, -0.15) is 4.98 Å². The first-order valence-corrected chi connectivity index (χ1v) is 8.57. The van der Waals surface area contributed by atoms with Crippen molar-refractivity contribution in [2.75, 3.05) is 18.6 Å². The lowest BCUT2D eigenvalue weighted by molar-refractivity contribution is -0.117. The number of amides is 1. The highest BCUT2D eigenvalue weighted by atomic mass is 32.1. The Bertz CT molecular complexity index is 815. The van der Waals surface area contributed by atoms with Crippen LogP contribution in [0.25, 0.3) is 10.7 Å². The van der Waals surface area contributed by atoms with Gasteiger partial charge in [0.2, 0.25) is 17.6 Å². The number of rotatable bonds is 8. The second-order valence-electron chi connectivity index (χ2n) is 5.32. The lowest BCUT2D eigenvalue weighted by atomic mass is 10.2. The maximum Gasteiger partial charge on any atom is 0.246 e. The molecule has 2 aromatic heterocycles. The number of aromatic nitrogens is 2. The molecule has 0 atom stereocenters. The first kappa shape index (κ1) is 17.0. The van der Waals surface area contributed by atoms with Crippen molar-refractivity contribution in [3.8, 4) is 16.5 Å². The number of hydrogen-bond donors (Lipinski definition) is 1. The van der Waals surface area contributed by atoms with Crippen molar-refractivity contribution < 1.29 is 14.1 Å². The van der Waals surface area contributed by atoms with E-state index in [1.807, 2.05) is 46.7 Å². The molecule has 130 valence electrons. The summed E-state index contributed by atoms with van der Waals surface area (Å²) in [4.78, 5) is 18.5. The van der Waals surface area contributed by atoms with E-state index in [4.69, 9.17) is 15.0 Å². The van der Waals surface area contributed by atoms with Gasteiger partial charge in [-0.05, 0) is 35.7 Å². The van der Waals surface area contributed by atoms with Gasteiger partial charge in [0.25, 0.3) is 0 Å². The Hall–Kier alpha value is -2.87. The Labute approximate surface area is 149 Å². The molecule has 0 aliphatic rings. The van der Waals surface area contributed by atoms with Crippen LogP contribution < -0.4 is 15.4 Å². The number of thiophene rings is 1. The normalized spacial score (nSPS) is 10.6. The molecule has 1 amide bonds. The number of nitrogens with zero attached hydrogens (tertiary/aromatic N) is 3. The van der Waals surface area contributed by atoms with E-state index in [0.29, 0.717) is 24.8 Å². The predicted octanol–water partition coefficient (Wildman–Crippen LogP) is 2.69. The van der Waals surface area contributed by atoms with E-state index in [-0.39, 0.29) is 12.3 Å². The average Bonchev–Trinajstić information content (AvgIpc) is 3.30. The van der Waals surface area contributed by atoms with Crippen LogP contribution in [0.5, 0.6) is 5.75 Å². The van der Waals surface area contributed by atoms with Gasteiger partial charge in [-0.15, -0.1) is 11.3 Å². The second-order valence-corrected chi connectivity index (χ2v) is 6.27. The molecule has 0 bridgehead atoms. The number of benzene rings is 1. The molecule has 0 saturated heterocycles. The fraction of sp³-hybridized carbons (Fsp3) is 0.235. The van der Waals surface area contributed by atoms with E-state index in [1.165, 1.54) is 0 Å². The fourth-order valence-corrected chi connectivity index (χ4v) is 2.98. The van der Waals surface area contributed by atoms with E-state index in [9.17, 15) is 4.79 Å². The van der Waals surface area contributed by atoms with Crippen molar-refractivity contribution >= 4 is 22.9 Å². The van der Waals surface area contributed by atoms with Gasteiger partial charge in [0.15, 0.2) is 0 Å². The molecule has 0 unspecified atom stereocenters. The molecule has 2 heterocycles. The van der Waals surface area contributed by atoms with Gasteiger partial charge in [-0.1, -0.05) is 11.2 Å². The summed E-state index contributed by atoms with van der Waals surface area (Å²) in [6.07, 6.45) is 0.234. The largest absolute Gasteiger partial charge is 0.497 e. The third-order valence-electron chi connectivity index (χ3n) is 3.60. The zero-order chi connectivity index (χ0) is 17.6. The SMILES string of the molecule is COc1ccc(N(CCC(N)=O)Cc2nc(-c3cccs3)no2)cc1. The van der Waals surface area contributed by atoms with Gasteiger partial charge >= 0.3 is 0 Å². The molecule has 2 N–H and O–H groups in total. The smallest absolute Gasteiger partial charge is 0.246 e. The third kappa shape index (κ3) is 4.36. The number of anilines is 1. The molecule has 0 saturated carbocycles. The number of primary amides is 1. The minimum atomic E-state index is -0.358. The van der Waals surface area contributed by atoms with Crippen molar-refractivity contribution in [2.24, 2.45) is 5.73 Å². The highest BCUT2D eigenvalue weighted by Crippen LogP contribution is 2.24. The van der Waals surface area contributed by atoms with E-state index >= 15 is 0 Å². The van der Waals surface area contributed by atoms with Crippen molar-refractivity contribution in [1.29, 1.82) is 0 Å². The Balaban J connectivity index is 1.78. The van der Waals surface area contributed by atoms with Crippen molar-refractivity contribution in [3.05, 3.63) is 47.7 Å². The minimum absolute atomic E-state index is 0.234. The third-order valence-corrected chi connectivity index (χ3v) is 4.47. The van der Waals surface area contributed by atoms with Crippen LogP contribution in [0.3, 0.4) is 0 Å². The van der Waals surface area contributed by atoms with Gasteiger partial charge in [-0.25, -0.2) is 0 Å². The standard InChI is InChI=1S/C17H18N4O3S/c1-23-13-6-4-12(5-7-13)21(9-8-15(18)22)11-16-19-17(20-24-16)14-3-2-10-25-14/h2-7,10H,8-9,11H2,1H3,(H2,18,22). The Morgan fingerprint density at radius 1 is 1.32 bits per heavy atom. The van der Waals surface area contributed by atoms with E-state index in [1.54, 1.807) is 18.4 Å². The van der Waals surface area contributed by atoms with Crippen LogP contribution in [0.2, 0.25) is 0 Å². The van der Waals surface area contributed by atoms with Gasteiger partial charge in [0.1, 0.15) is 5.75 Å². The molecular formula is C17H18N4O3S. The molecule has 0 aliphatic carbocycles. The van der Waals surface area contributed by atoms with Crippen LogP contribution in [-0.2, 0) is 11.3 Å². The number of methoxy groups -OCH3 is 1. The van der Waals surface area contributed by atoms with Crippen LogP contribution in [0, 0.1) is 0 Å². The molecule has 8 heteroatoms. The highest BCUT2D eigenvalue weighted by molar-refractivity contribution is 7.13. The van der Waals surface area contributed by atoms with E-state index < -0.39 is 0 Å². The monoisotopic (exact) mass is 358 g/mol. The molecule has 0 radical (unpaired) electrons. The molecule has 25 heavy (non-hydrogen) atoms. The van der Waals surface area contributed by atoms with Crippen LogP contribution >= 0.6 is 11.3 Å². The van der Waals surface area contributed by atoms with Gasteiger partial charge < -0.3 is 19.9 Å². The summed E-state index contributed by atoms with van der Waals surface area (Å²) >= 11 is 1.55. The Morgan fingerprint density at radius 3 is 2.76 bits per heavy atom. The number of ether oxygens (including phenoxy) is 1. The Morgan fingerprint density at radius 2 is 2.12 bits per heavy atom. The number of nitrogens with two attached hydrogens (primary N) is 1. The first-order chi connectivity index (χ1) is 12.2. The summed E-state index contributed by atoms with van der Waals surface area (Å²) in [7, 11) is 1.62. The van der Waals surface area contributed by atoms with Crippen LogP contribution in [0.15, 0.2) is 46.3 Å². The summed E-state index contributed by atoms with van der Waals surface area (Å²) in [6, 6.07) is 11.4. The minimum Gasteiger partial charge on any atom is -0.497 e. The van der Waals surface area contributed by atoms with Crippen molar-refractivity contribution in [1.82, 2.24) is 10.1 Å². The van der Waals surface area contributed by atoms with Crippen molar-refractivity contribution in [2.45, 2.75) is 13.0 Å². The number of carbonyl (C=O) groups excluding carboxylic acids is 1. The summed E-state index contributed by atoms with van der Waals surface area (Å²) in [6.45, 7) is 0.844. The van der Waals surface area contributed by atoms with Gasteiger partial charge in [0, 0.05) is 18.7 Å². The lowest BCUT2D eigenvalue weighted by Crippen LogP contribution is -2.27. The second kappa shape index (κ2) is 7.80. The summed E-state index contributed by atoms with van der Waals surface area (Å²) in [5.74, 6) is 1.44. The Kier molecular flexibility index (Phi) is 5.30. The summed E-state index contributed by atoms with van der Waals surface area (Å²) in [5, 5.41) is 5.97. The topological polar surface area (TPSA) is 94.5 Å². The highest BCUT2D eigenvalue weighted by Gasteiger charge is 2.15. The average molecular weight is 358 g/mol. The molecule has 0 spiro atoms. The molecule has 0 aliphatic heterocycles. The summed E-state index contributed by atoms with van der Waals surface area (Å²) < 4.78 is 10.5. The van der Waals surface area contributed by atoms with Gasteiger partial charge in [-0.3, -0.25) is 4.79 Å². The fourth-order valence-electron chi connectivity index (χ4n) is 2.33. The first-order valence-electron chi connectivity index (χ1n) is 7.69. The molecule has 3 aromatic rings. The van der Waals surface area contributed by atoms with Crippen LogP contribution in [0.4, 0.5) is 5.69 Å². The molecular weight excluding hydrogens is 340 g/mol. The zero-order valence-electron chi connectivity index (χ0n) is 13.7. The maximum atomic E-state index is 11.2. The predicted molar refractivity (Wildman–Crippen MR) is 95.5 cm³/mol. The molecule has 3 rings (SSSR count). The number of hydrogen-bond acceptors (Lipinski definition) is 7. The number of carbonyl (C=O) groups is 1. The van der Waals surface area contributed by atoms with Gasteiger partial charge in [0.05, 0.1) is 18.5 Å². The van der Waals surface area contributed by atoms with E-state index in [0.717, 1.165) is 16.3 Å². The molecule has 7 nitrogen and oxygen atoms in total. The maximum absolute atomic E-state index is 11.2.